The molecule has 0 amide bonds. The average molecular weight is 400 g/mol. The van der Waals surface area contributed by atoms with Crippen molar-refractivity contribution in [2.45, 2.75) is 122 Å². The second-order valence-corrected chi connectivity index (χ2v) is 7.65. The maximum atomic E-state index is 12.5. The van der Waals surface area contributed by atoms with E-state index >= 15 is 0 Å². The van der Waals surface area contributed by atoms with Crippen LogP contribution in [0.1, 0.15) is 110 Å². The lowest BCUT2D eigenvalue weighted by molar-refractivity contribution is -0.157. The van der Waals surface area contributed by atoms with Crippen molar-refractivity contribution in [2.75, 3.05) is 0 Å². The van der Waals surface area contributed by atoms with Gasteiger partial charge in [0, 0.05) is 12.8 Å². The summed E-state index contributed by atoms with van der Waals surface area (Å²) >= 11 is 0. The zero-order valence-corrected chi connectivity index (χ0v) is 17.9. The van der Waals surface area contributed by atoms with Gasteiger partial charge in [0.25, 0.3) is 0 Å². The molecule has 0 heterocycles. The van der Waals surface area contributed by atoms with Gasteiger partial charge in [-0.25, -0.2) is 0 Å². The molecule has 3 N–H and O–H groups in total. The summed E-state index contributed by atoms with van der Waals surface area (Å²) in [7, 11) is 0. The van der Waals surface area contributed by atoms with Crippen LogP contribution in [0.5, 0.6) is 0 Å². The molecule has 0 saturated carbocycles. The van der Waals surface area contributed by atoms with Crippen LogP contribution in [-0.2, 0) is 19.1 Å². The number of hydrogen-bond acceptors (Lipinski definition) is 5. The molecule has 28 heavy (non-hydrogen) atoms. The number of carbonyl (C=O) groups is 3. The van der Waals surface area contributed by atoms with Crippen molar-refractivity contribution < 1.29 is 24.2 Å². The van der Waals surface area contributed by atoms with E-state index in [2.05, 4.69) is 6.92 Å². The van der Waals surface area contributed by atoms with Crippen LogP contribution in [0.3, 0.4) is 0 Å². The first kappa shape index (κ1) is 26.6. The van der Waals surface area contributed by atoms with Crippen molar-refractivity contribution in [1.29, 1.82) is 0 Å². The molecule has 6 heteroatoms. The van der Waals surface area contributed by atoms with E-state index in [0.717, 1.165) is 32.1 Å². The number of rotatable bonds is 19. The fourth-order valence-corrected chi connectivity index (χ4v) is 3.07. The average Bonchev–Trinajstić information content (AvgIpc) is 2.67. The third-order valence-corrected chi connectivity index (χ3v) is 4.94. The maximum absolute atomic E-state index is 12.5. The van der Waals surface area contributed by atoms with Gasteiger partial charge in [-0.3, -0.25) is 14.4 Å². The summed E-state index contributed by atoms with van der Waals surface area (Å²) in [6, 6.07) is -0.999. The molecule has 0 aliphatic carbocycles. The van der Waals surface area contributed by atoms with Crippen LogP contribution in [0.15, 0.2) is 0 Å². The van der Waals surface area contributed by atoms with Gasteiger partial charge in [0.1, 0.15) is 6.04 Å². The summed E-state index contributed by atoms with van der Waals surface area (Å²) in [6.45, 7) is 4.23. The Balaban J connectivity index is 4.17. The largest absolute Gasteiger partial charge is 0.481 e. The quantitative estimate of drug-likeness (QED) is 0.239. The van der Waals surface area contributed by atoms with Crippen LogP contribution in [0.2, 0.25) is 0 Å². The number of Topliss-reactive ketones (excluding diaryl/α,β-unsaturated/α-hetero) is 1. The van der Waals surface area contributed by atoms with Crippen LogP contribution in [0, 0.1) is 0 Å². The molecule has 0 aromatic rings. The summed E-state index contributed by atoms with van der Waals surface area (Å²) in [4.78, 5) is 35.1. The topological polar surface area (TPSA) is 107 Å². The van der Waals surface area contributed by atoms with Crippen molar-refractivity contribution in [3.63, 3.8) is 0 Å². The van der Waals surface area contributed by atoms with E-state index in [0.29, 0.717) is 12.8 Å². The summed E-state index contributed by atoms with van der Waals surface area (Å²) in [5.74, 6) is -1.73. The number of ether oxygens (including phenoxy) is 1. The molecule has 0 aliphatic rings. The molecule has 1 unspecified atom stereocenters. The Labute approximate surface area is 170 Å². The molecule has 0 fully saturated rings. The first-order valence-electron chi connectivity index (χ1n) is 11.1. The third kappa shape index (κ3) is 14.6. The van der Waals surface area contributed by atoms with Gasteiger partial charge >= 0.3 is 11.9 Å². The number of aliphatic carboxylic acids is 1. The highest BCUT2D eigenvalue weighted by Crippen LogP contribution is 2.15. The Hall–Kier alpha value is -1.43. The van der Waals surface area contributed by atoms with E-state index in [1.54, 1.807) is 0 Å². The summed E-state index contributed by atoms with van der Waals surface area (Å²) in [5.41, 5.74) is 5.69. The van der Waals surface area contributed by atoms with E-state index in [1.807, 2.05) is 6.92 Å². The molecule has 0 bridgehead atoms. The number of carboxylic acids is 1. The lowest BCUT2D eigenvalue weighted by Gasteiger charge is -2.19. The van der Waals surface area contributed by atoms with E-state index in [9.17, 15) is 14.4 Å². The van der Waals surface area contributed by atoms with Crippen LogP contribution in [0.4, 0.5) is 0 Å². The van der Waals surface area contributed by atoms with Gasteiger partial charge in [-0.1, -0.05) is 71.6 Å². The van der Waals surface area contributed by atoms with Crippen LogP contribution >= 0.6 is 0 Å². The molecule has 0 radical (unpaired) electrons. The molecule has 0 rings (SSSR count). The van der Waals surface area contributed by atoms with E-state index in [1.165, 1.54) is 38.5 Å². The lowest BCUT2D eigenvalue weighted by Crippen LogP contribution is -2.38. The van der Waals surface area contributed by atoms with E-state index < -0.39 is 24.1 Å². The second-order valence-electron chi connectivity index (χ2n) is 7.65. The fraction of sp³-hybridized carbons (Fsp3) is 0.864. The Morgan fingerprint density at radius 1 is 0.786 bits per heavy atom. The molecule has 0 aliphatic heterocycles. The SMILES string of the molecule is CCCCCCCCCCCC(=O)C(CCCC)OC(=O)[C@@H](N)CCC(=O)O. The molecular weight excluding hydrogens is 358 g/mol. The van der Waals surface area contributed by atoms with Crippen molar-refractivity contribution in [2.24, 2.45) is 5.73 Å². The number of carbonyl (C=O) groups excluding carboxylic acids is 2. The molecule has 0 saturated heterocycles. The Morgan fingerprint density at radius 3 is 1.86 bits per heavy atom. The van der Waals surface area contributed by atoms with Crippen molar-refractivity contribution in [1.82, 2.24) is 0 Å². The second kappa shape index (κ2) is 17.7. The first-order valence-corrected chi connectivity index (χ1v) is 11.1. The summed E-state index contributed by atoms with van der Waals surface area (Å²) in [5, 5.41) is 8.68. The van der Waals surface area contributed by atoms with Gasteiger partial charge in [0.2, 0.25) is 0 Å². The van der Waals surface area contributed by atoms with Gasteiger partial charge in [-0.05, 0) is 25.7 Å². The Bertz CT molecular complexity index is 439. The van der Waals surface area contributed by atoms with Crippen molar-refractivity contribution >= 4 is 17.7 Å². The van der Waals surface area contributed by atoms with Crippen molar-refractivity contribution in [3.05, 3.63) is 0 Å². The normalized spacial score (nSPS) is 13.1. The van der Waals surface area contributed by atoms with Gasteiger partial charge in [0.05, 0.1) is 0 Å². The van der Waals surface area contributed by atoms with Crippen LogP contribution in [-0.4, -0.2) is 35.0 Å². The predicted molar refractivity (Wildman–Crippen MR) is 111 cm³/mol. The predicted octanol–water partition coefficient (Wildman–Crippen LogP) is 4.77. The molecule has 2 atom stereocenters. The molecule has 0 aromatic carbocycles. The molecular formula is C22H41NO5. The molecule has 0 aromatic heterocycles. The van der Waals surface area contributed by atoms with Gasteiger partial charge in [-0.15, -0.1) is 0 Å². The minimum Gasteiger partial charge on any atom is -0.481 e. The number of carboxylic acid groups (broad SMARTS) is 1. The fourth-order valence-electron chi connectivity index (χ4n) is 3.07. The highest BCUT2D eigenvalue weighted by atomic mass is 16.5. The lowest BCUT2D eigenvalue weighted by atomic mass is 10.0. The first-order chi connectivity index (χ1) is 13.4. The van der Waals surface area contributed by atoms with Crippen LogP contribution < -0.4 is 5.73 Å². The minimum atomic E-state index is -1.01. The smallest absolute Gasteiger partial charge is 0.323 e. The number of ketones is 1. The Kier molecular flexibility index (Phi) is 16.8. The molecule has 6 nitrogen and oxygen atoms in total. The van der Waals surface area contributed by atoms with Gasteiger partial charge < -0.3 is 15.6 Å². The van der Waals surface area contributed by atoms with Crippen LogP contribution in [0.25, 0.3) is 0 Å². The summed E-state index contributed by atoms with van der Waals surface area (Å²) < 4.78 is 5.34. The summed E-state index contributed by atoms with van der Waals surface area (Å²) in [6.07, 6.45) is 12.3. The minimum absolute atomic E-state index is 0.0150. The number of unbranched alkanes of at least 4 members (excludes halogenated alkanes) is 9. The Morgan fingerprint density at radius 2 is 1.32 bits per heavy atom. The van der Waals surface area contributed by atoms with Crippen molar-refractivity contribution in [3.8, 4) is 0 Å². The number of esters is 1. The zero-order valence-electron chi connectivity index (χ0n) is 17.9. The molecule has 0 spiro atoms. The van der Waals surface area contributed by atoms with E-state index in [4.69, 9.17) is 15.6 Å². The number of nitrogens with two attached hydrogens (primary N) is 1. The molecule has 164 valence electrons. The maximum Gasteiger partial charge on any atom is 0.323 e. The highest BCUT2D eigenvalue weighted by Gasteiger charge is 2.25. The monoisotopic (exact) mass is 399 g/mol. The van der Waals surface area contributed by atoms with Gasteiger partial charge in [-0.2, -0.15) is 0 Å². The third-order valence-electron chi connectivity index (χ3n) is 4.94. The van der Waals surface area contributed by atoms with E-state index in [-0.39, 0.29) is 18.6 Å². The number of hydrogen-bond donors (Lipinski definition) is 2. The standard InChI is InChI=1S/C22H41NO5/c1-3-5-7-8-9-10-11-12-13-14-19(24)20(15-6-4-2)28-22(27)18(23)16-17-21(25)26/h18,20H,3-17,23H2,1-2H3,(H,25,26)/t18-,20?/m0/s1. The zero-order chi connectivity index (χ0) is 21.2. The van der Waals surface area contributed by atoms with Gasteiger partial charge in [0.15, 0.2) is 11.9 Å². The highest BCUT2D eigenvalue weighted by molar-refractivity contribution is 5.86.